The predicted octanol–water partition coefficient (Wildman–Crippen LogP) is 2.56. The second kappa shape index (κ2) is 4.00. The molecule has 0 aliphatic carbocycles. The Balaban J connectivity index is 3.12. The van der Waals surface area contributed by atoms with E-state index in [9.17, 15) is 0 Å². The van der Waals surface area contributed by atoms with Crippen LogP contribution in [0.2, 0.25) is 0 Å². The molecule has 0 nitrogen and oxygen atoms in total. The molecule has 0 saturated carbocycles. The zero-order valence-corrected chi connectivity index (χ0v) is 8.80. The molecule has 13 heavy (non-hydrogen) atoms. The van der Waals surface area contributed by atoms with E-state index in [4.69, 9.17) is 7.85 Å². The molecular weight excluding hydrogens is 155 g/mol. The maximum Gasteiger partial charge on any atom is 0.114 e. The first-order chi connectivity index (χ1) is 6.14. The summed E-state index contributed by atoms with van der Waals surface area (Å²) in [7, 11) is 5.96. The highest BCUT2D eigenvalue weighted by atomic mass is 14.3. The normalized spacial score (nSPS) is 11.6. The molecule has 0 spiro atoms. The van der Waals surface area contributed by atoms with Crippen LogP contribution in [0.15, 0.2) is 24.3 Å². The van der Waals surface area contributed by atoms with Gasteiger partial charge in [0.1, 0.15) is 7.85 Å². The number of hydrogen-bond acceptors (Lipinski definition) is 0. The van der Waals surface area contributed by atoms with Crippen LogP contribution in [0.3, 0.4) is 0 Å². The molecule has 0 fully saturated rings. The van der Waals surface area contributed by atoms with Crippen molar-refractivity contribution in [3.8, 4) is 0 Å². The summed E-state index contributed by atoms with van der Waals surface area (Å²) >= 11 is 0. The number of benzene rings is 1. The highest BCUT2D eigenvalue weighted by molar-refractivity contribution is 6.33. The lowest BCUT2D eigenvalue weighted by Crippen LogP contribution is -2.27. The first-order valence-electron chi connectivity index (χ1n) is 4.99. The van der Waals surface area contributed by atoms with Crippen molar-refractivity contribution >= 4 is 13.3 Å². The molecule has 0 aromatic heterocycles. The Morgan fingerprint density at radius 2 is 1.69 bits per heavy atom. The van der Waals surface area contributed by atoms with Gasteiger partial charge in [0.25, 0.3) is 0 Å². The van der Waals surface area contributed by atoms with Crippen LogP contribution in [-0.4, -0.2) is 7.85 Å². The van der Waals surface area contributed by atoms with Crippen LogP contribution >= 0.6 is 0 Å². The van der Waals surface area contributed by atoms with Crippen molar-refractivity contribution in [3.63, 3.8) is 0 Å². The van der Waals surface area contributed by atoms with Crippen molar-refractivity contribution in [2.75, 3.05) is 0 Å². The zero-order valence-electron chi connectivity index (χ0n) is 8.80. The second-order valence-electron chi connectivity index (χ2n) is 3.86. The molecule has 0 N–H and O–H groups in total. The lowest BCUT2D eigenvalue weighted by atomic mass is 9.72. The van der Waals surface area contributed by atoms with Gasteiger partial charge < -0.3 is 0 Å². The number of rotatable bonds is 3. The molecule has 0 bridgehead atoms. The Morgan fingerprint density at radius 3 is 2.15 bits per heavy atom. The average molecular weight is 172 g/mol. The quantitative estimate of drug-likeness (QED) is 0.614. The molecule has 1 rings (SSSR count). The molecule has 0 saturated heterocycles. The molecule has 0 unspecified atom stereocenters. The highest BCUT2D eigenvalue weighted by Crippen LogP contribution is 2.29. The largest absolute Gasteiger partial charge is 0.114 e. The highest BCUT2D eigenvalue weighted by Gasteiger charge is 2.22. The van der Waals surface area contributed by atoms with E-state index in [1.165, 1.54) is 5.56 Å². The fraction of sp³-hybridized carbons (Fsp3) is 0.500. The maximum atomic E-state index is 5.96. The SMILES string of the molecule is [B]c1ccccc1C(C)(CC)CC. The van der Waals surface area contributed by atoms with Crippen molar-refractivity contribution in [2.24, 2.45) is 0 Å². The monoisotopic (exact) mass is 172 g/mol. The van der Waals surface area contributed by atoms with Crippen molar-refractivity contribution in [3.05, 3.63) is 29.8 Å². The van der Waals surface area contributed by atoms with Crippen LogP contribution in [0.25, 0.3) is 0 Å². The summed E-state index contributed by atoms with van der Waals surface area (Å²) in [5.41, 5.74) is 2.46. The van der Waals surface area contributed by atoms with E-state index >= 15 is 0 Å². The van der Waals surface area contributed by atoms with Crippen molar-refractivity contribution in [2.45, 2.75) is 39.0 Å². The van der Waals surface area contributed by atoms with E-state index in [0.29, 0.717) is 0 Å². The molecule has 0 aliphatic heterocycles. The smallest absolute Gasteiger partial charge is 0.0930 e. The Morgan fingerprint density at radius 1 is 1.15 bits per heavy atom. The van der Waals surface area contributed by atoms with Crippen LogP contribution in [0.5, 0.6) is 0 Å². The Labute approximate surface area is 82.8 Å². The molecule has 2 radical (unpaired) electrons. The molecule has 68 valence electrons. The van der Waals surface area contributed by atoms with Gasteiger partial charge in [-0.25, -0.2) is 0 Å². The maximum absolute atomic E-state index is 5.96. The molecule has 0 heterocycles. The van der Waals surface area contributed by atoms with Crippen LogP contribution in [0.1, 0.15) is 39.2 Å². The van der Waals surface area contributed by atoms with Crippen LogP contribution in [0, 0.1) is 0 Å². The summed E-state index contributed by atoms with van der Waals surface area (Å²) in [6, 6.07) is 8.18. The van der Waals surface area contributed by atoms with E-state index in [1.807, 2.05) is 12.1 Å². The topological polar surface area (TPSA) is 0 Å². The van der Waals surface area contributed by atoms with Gasteiger partial charge in [-0.05, 0) is 23.8 Å². The van der Waals surface area contributed by atoms with E-state index in [1.54, 1.807) is 0 Å². The van der Waals surface area contributed by atoms with Gasteiger partial charge in [0.05, 0.1) is 0 Å². The van der Waals surface area contributed by atoms with Gasteiger partial charge >= 0.3 is 0 Å². The van der Waals surface area contributed by atoms with Gasteiger partial charge in [-0.15, -0.1) is 0 Å². The first kappa shape index (κ1) is 10.4. The van der Waals surface area contributed by atoms with E-state index in [2.05, 4.69) is 32.9 Å². The van der Waals surface area contributed by atoms with Gasteiger partial charge in [-0.2, -0.15) is 0 Å². The third-order valence-electron chi connectivity index (χ3n) is 3.17. The molecular formula is C12H17B. The molecule has 1 aromatic rings. The zero-order chi connectivity index (χ0) is 9.90. The van der Waals surface area contributed by atoms with Gasteiger partial charge in [0, 0.05) is 0 Å². The van der Waals surface area contributed by atoms with Crippen LogP contribution in [-0.2, 0) is 5.41 Å². The third-order valence-corrected chi connectivity index (χ3v) is 3.17. The Bertz CT molecular complexity index is 274. The molecule has 1 aromatic carbocycles. The van der Waals surface area contributed by atoms with Crippen LogP contribution in [0.4, 0.5) is 0 Å². The summed E-state index contributed by atoms with van der Waals surface area (Å²) in [6.45, 7) is 6.71. The average Bonchev–Trinajstić information content (AvgIpc) is 2.17. The molecule has 0 aliphatic rings. The van der Waals surface area contributed by atoms with Gasteiger partial charge in [0.15, 0.2) is 0 Å². The van der Waals surface area contributed by atoms with Crippen molar-refractivity contribution < 1.29 is 0 Å². The molecule has 0 atom stereocenters. The Kier molecular flexibility index (Phi) is 3.19. The van der Waals surface area contributed by atoms with E-state index < -0.39 is 0 Å². The minimum absolute atomic E-state index is 0.241. The lowest BCUT2D eigenvalue weighted by Gasteiger charge is -2.29. The summed E-state index contributed by atoms with van der Waals surface area (Å²) in [6.07, 6.45) is 2.27. The number of hydrogen-bond donors (Lipinski definition) is 0. The van der Waals surface area contributed by atoms with Crippen molar-refractivity contribution in [1.82, 2.24) is 0 Å². The minimum Gasteiger partial charge on any atom is -0.0930 e. The first-order valence-corrected chi connectivity index (χ1v) is 4.99. The summed E-state index contributed by atoms with van der Waals surface area (Å²) in [5.74, 6) is 0. The fourth-order valence-electron chi connectivity index (χ4n) is 1.68. The standard InChI is InChI=1S/C12H17B/c1-4-12(3,5-2)10-8-6-7-9-11(10)13/h6-9H,4-5H2,1-3H3. The minimum atomic E-state index is 0.241. The Hall–Kier alpha value is -0.715. The summed E-state index contributed by atoms with van der Waals surface area (Å²) in [5, 5.41) is 0. The summed E-state index contributed by atoms with van der Waals surface area (Å²) < 4.78 is 0. The predicted molar refractivity (Wildman–Crippen MR) is 59.8 cm³/mol. The molecule has 0 amide bonds. The second-order valence-corrected chi connectivity index (χ2v) is 3.86. The van der Waals surface area contributed by atoms with Gasteiger partial charge in [0.2, 0.25) is 0 Å². The lowest BCUT2D eigenvalue weighted by molar-refractivity contribution is 0.441. The fourth-order valence-corrected chi connectivity index (χ4v) is 1.68. The van der Waals surface area contributed by atoms with Gasteiger partial charge in [-0.1, -0.05) is 50.5 Å². The van der Waals surface area contributed by atoms with Gasteiger partial charge in [-0.3, -0.25) is 0 Å². The third kappa shape index (κ3) is 1.96. The summed E-state index contributed by atoms with van der Waals surface area (Å²) in [4.78, 5) is 0. The van der Waals surface area contributed by atoms with Crippen molar-refractivity contribution in [1.29, 1.82) is 0 Å². The van der Waals surface area contributed by atoms with E-state index in [0.717, 1.165) is 18.3 Å². The van der Waals surface area contributed by atoms with Crippen LogP contribution < -0.4 is 5.46 Å². The van der Waals surface area contributed by atoms with E-state index in [-0.39, 0.29) is 5.41 Å². The molecule has 1 heteroatoms.